The topological polar surface area (TPSA) is 61.7 Å². The first-order valence-corrected chi connectivity index (χ1v) is 9.14. The summed E-state index contributed by atoms with van der Waals surface area (Å²) in [4.78, 5) is 16.9. The fourth-order valence-electron chi connectivity index (χ4n) is 3.37. The number of nitrogens with one attached hydrogen (secondary N) is 1. The van der Waals surface area contributed by atoms with Crippen molar-refractivity contribution in [1.82, 2.24) is 5.32 Å². The highest BCUT2D eigenvalue weighted by atomic mass is 19.1. The van der Waals surface area contributed by atoms with Crippen LogP contribution in [0.5, 0.6) is 0 Å². The van der Waals surface area contributed by atoms with E-state index in [1.54, 1.807) is 18.2 Å². The molecule has 0 spiro atoms. The minimum absolute atomic E-state index is 0.160. The first-order chi connectivity index (χ1) is 14.0. The average molecular weight is 392 g/mol. The minimum atomic E-state index is -0.924. The van der Waals surface area contributed by atoms with Crippen molar-refractivity contribution >= 4 is 12.1 Å². The molecule has 1 aliphatic rings. The smallest absolute Gasteiger partial charge is 0.251 e. The van der Waals surface area contributed by atoms with Crippen molar-refractivity contribution in [2.24, 2.45) is 4.99 Å². The molecule has 0 saturated carbocycles. The van der Waals surface area contributed by atoms with Crippen LogP contribution in [0, 0.1) is 11.6 Å². The largest absolute Gasteiger partial charge is 0.394 e. The van der Waals surface area contributed by atoms with E-state index in [2.05, 4.69) is 10.3 Å². The number of rotatable bonds is 5. The average Bonchev–Trinajstić information content (AvgIpc) is 3.19. The summed E-state index contributed by atoms with van der Waals surface area (Å²) in [6, 6.07) is 15.1. The molecule has 6 heteroatoms. The normalized spacial score (nSPS) is 13.2. The van der Waals surface area contributed by atoms with Gasteiger partial charge in [-0.1, -0.05) is 24.3 Å². The fraction of sp³-hybridized carbons (Fsp3) is 0.130. The summed E-state index contributed by atoms with van der Waals surface area (Å²) in [6.07, 6.45) is 1.83. The van der Waals surface area contributed by atoms with Gasteiger partial charge in [-0.3, -0.25) is 9.79 Å². The van der Waals surface area contributed by atoms with Gasteiger partial charge in [-0.15, -0.1) is 0 Å². The van der Waals surface area contributed by atoms with E-state index < -0.39 is 30.2 Å². The molecule has 0 aromatic heterocycles. The number of aliphatic imine (C=N–C) groups is 1. The molecule has 3 aromatic carbocycles. The highest BCUT2D eigenvalue weighted by molar-refractivity contribution is 5.96. The maximum atomic E-state index is 13.5. The van der Waals surface area contributed by atoms with Crippen LogP contribution in [0.25, 0.3) is 11.1 Å². The lowest BCUT2D eigenvalue weighted by molar-refractivity contribution is 0.0916. The van der Waals surface area contributed by atoms with Crippen molar-refractivity contribution in [2.45, 2.75) is 12.6 Å². The molecule has 1 atom stereocenters. The first kappa shape index (κ1) is 19.0. The Bertz CT molecular complexity index is 1090. The zero-order valence-electron chi connectivity index (χ0n) is 15.4. The van der Waals surface area contributed by atoms with E-state index in [-0.39, 0.29) is 5.56 Å². The van der Waals surface area contributed by atoms with Gasteiger partial charge in [0.05, 0.1) is 19.2 Å². The third kappa shape index (κ3) is 4.07. The molecule has 1 heterocycles. The molecule has 0 bridgehead atoms. The molecule has 146 valence electrons. The summed E-state index contributed by atoms with van der Waals surface area (Å²) in [5.41, 5.74) is 4.58. The summed E-state index contributed by atoms with van der Waals surface area (Å²) >= 11 is 0. The molecule has 0 radical (unpaired) electrons. The highest BCUT2D eigenvalue weighted by Crippen LogP contribution is 2.25. The molecule has 3 aromatic rings. The number of amides is 1. The number of fused-ring (bicyclic) bond motifs is 1. The van der Waals surface area contributed by atoms with Crippen LogP contribution in [0.1, 0.15) is 33.1 Å². The van der Waals surface area contributed by atoms with Crippen molar-refractivity contribution in [3.8, 4) is 11.1 Å². The van der Waals surface area contributed by atoms with Crippen LogP contribution in [-0.2, 0) is 6.54 Å². The molecule has 1 aliphatic heterocycles. The predicted octanol–water partition coefficient (Wildman–Crippen LogP) is 4.03. The van der Waals surface area contributed by atoms with Crippen molar-refractivity contribution in [1.29, 1.82) is 0 Å². The predicted molar refractivity (Wildman–Crippen MR) is 107 cm³/mol. The summed E-state index contributed by atoms with van der Waals surface area (Å²) in [6.45, 7) is 0.194. The van der Waals surface area contributed by atoms with Crippen molar-refractivity contribution in [3.05, 3.63) is 94.6 Å². The number of carbonyl (C=O) groups excluding carboxylic acids is 1. The van der Waals surface area contributed by atoms with E-state index in [0.29, 0.717) is 12.1 Å². The van der Waals surface area contributed by atoms with Gasteiger partial charge in [-0.2, -0.15) is 0 Å². The first-order valence-electron chi connectivity index (χ1n) is 9.14. The van der Waals surface area contributed by atoms with E-state index >= 15 is 0 Å². The lowest BCUT2D eigenvalue weighted by Crippen LogP contribution is -2.31. The third-order valence-corrected chi connectivity index (χ3v) is 4.87. The Labute approximate surface area is 166 Å². The molecular formula is C23H18F2N2O2. The van der Waals surface area contributed by atoms with Crippen LogP contribution in [0.2, 0.25) is 0 Å². The van der Waals surface area contributed by atoms with Gasteiger partial charge in [0.1, 0.15) is 11.6 Å². The van der Waals surface area contributed by atoms with E-state index in [1.165, 1.54) is 0 Å². The van der Waals surface area contributed by atoms with Gasteiger partial charge in [0.25, 0.3) is 5.91 Å². The number of nitrogens with zero attached hydrogens (tertiary/aromatic N) is 1. The van der Waals surface area contributed by atoms with E-state index in [9.17, 15) is 18.7 Å². The fourth-order valence-corrected chi connectivity index (χ4v) is 3.37. The lowest BCUT2D eigenvalue weighted by Gasteiger charge is -2.17. The number of benzene rings is 3. The molecular weight excluding hydrogens is 374 g/mol. The molecule has 0 fully saturated rings. The summed E-state index contributed by atoms with van der Waals surface area (Å²) in [5, 5.41) is 12.2. The van der Waals surface area contributed by atoms with Crippen LogP contribution in [0.4, 0.5) is 8.78 Å². The SMILES string of the molecule is O=C(NC(CO)c1cc(F)cc(F)c1)c1cccc(-c2ccc3c(c2)C=NC3)c1. The Morgan fingerprint density at radius 1 is 1.03 bits per heavy atom. The minimum Gasteiger partial charge on any atom is -0.394 e. The second-order valence-electron chi connectivity index (χ2n) is 6.88. The number of hydrogen-bond acceptors (Lipinski definition) is 3. The van der Waals surface area contributed by atoms with E-state index in [4.69, 9.17) is 0 Å². The second-order valence-corrected chi connectivity index (χ2v) is 6.88. The molecule has 1 amide bonds. The van der Waals surface area contributed by atoms with Crippen molar-refractivity contribution in [3.63, 3.8) is 0 Å². The zero-order valence-corrected chi connectivity index (χ0v) is 15.4. The standard InChI is InChI=1S/C23H18F2N2O2/c24-20-8-18(9-21(25)10-20)22(13-28)27-23(29)16-3-1-2-14(6-16)15-4-5-17-11-26-12-19(17)7-15/h1-10,12,22,28H,11,13H2,(H,27,29). The van der Waals surface area contributed by atoms with Crippen LogP contribution < -0.4 is 5.32 Å². The Morgan fingerprint density at radius 2 is 1.79 bits per heavy atom. The number of aliphatic hydroxyl groups excluding tert-OH is 1. The number of halogens is 2. The Morgan fingerprint density at radius 3 is 2.55 bits per heavy atom. The molecule has 2 N–H and O–H groups in total. The van der Waals surface area contributed by atoms with Gasteiger partial charge in [0, 0.05) is 17.8 Å². The molecule has 0 saturated heterocycles. The van der Waals surface area contributed by atoms with Crippen LogP contribution in [0.15, 0.2) is 65.7 Å². The van der Waals surface area contributed by atoms with Crippen LogP contribution >= 0.6 is 0 Å². The molecule has 1 unspecified atom stereocenters. The quantitative estimate of drug-likeness (QED) is 0.689. The molecule has 29 heavy (non-hydrogen) atoms. The maximum absolute atomic E-state index is 13.5. The molecule has 0 aliphatic carbocycles. The zero-order chi connectivity index (χ0) is 20.4. The van der Waals surface area contributed by atoms with Gasteiger partial charge in [-0.25, -0.2) is 8.78 Å². The van der Waals surface area contributed by atoms with E-state index in [0.717, 1.165) is 40.5 Å². The molecule has 4 rings (SSSR count). The third-order valence-electron chi connectivity index (χ3n) is 4.87. The summed E-state index contributed by atoms with van der Waals surface area (Å²) < 4.78 is 27.0. The summed E-state index contributed by atoms with van der Waals surface area (Å²) in [5.74, 6) is -1.98. The van der Waals surface area contributed by atoms with Crippen LogP contribution in [0.3, 0.4) is 0 Å². The Balaban J connectivity index is 1.57. The number of carbonyl (C=O) groups is 1. The Kier molecular flexibility index (Phi) is 5.18. The number of aliphatic hydroxyl groups is 1. The van der Waals surface area contributed by atoms with Crippen molar-refractivity contribution < 1.29 is 18.7 Å². The van der Waals surface area contributed by atoms with Crippen LogP contribution in [-0.4, -0.2) is 23.8 Å². The van der Waals surface area contributed by atoms with Gasteiger partial charge in [-0.05, 0) is 58.1 Å². The monoisotopic (exact) mass is 392 g/mol. The second kappa shape index (κ2) is 7.93. The lowest BCUT2D eigenvalue weighted by atomic mass is 9.98. The van der Waals surface area contributed by atoms with E-state index in [1.807, 2.05) is 30.5 Å². The number of hydrogen-bond donors (Lipinski definition) is 2. The Hall–Kier alpha value is -3.38. The van der Waals surface area contributed by atoms with Crippen molar-refractivity contribution in [2.75, 3.05) is 6.61 Å². The van der Waals surface area contributed by atoms with Gasteiger partial charge < -0.3 is 10.4 Å². The summed E-state index contributed by atoms with van der Waals surface area (Å²) in [7, 11) is 0. The van der Waals surface area contributed by atoms with Gasteiger partial charge >= 0.3 is 0 Å². The van der Waals surface area contributed by atoms with Gasteiger partial charge in [0.15, 0.2) is 0 Å². The van der Waals surface area contributed by atoms with Gasteiger partial charge in [0.2, 0.25) is 0 Å². The highest BCUT2D eigenvalue weighted by Gasteiger charge is 2.17. The molecule has 4 nitrogen and oxygen atoms in total. The maximum Gasteiger partial charge on any atom is 0.251 e.